The van der Waals surface area contributed by atoms with Crippen molar-refractivity contribution in [1.82, 2.24) is 4.90 Å². The molecule has 126 valence electrons. The van der Waals surface area contributed by atoms with Gasteiger partial charge < -0.3 is 10.2 Å². The fraction of sp³-hybridized carbons (Fsp3) is 0.333. The molecule has 0 saturated heterocycles. The topological polar surface area (TPSA) is 49.4 Å². The van der Waals surface area contributed by atoms with Crippen molar-refractivity contribution in [1.29, 1.82) is 0 Å². The second kappa shape index (κ2) is 7.37. The van der Waals surface area contributed by atoms with Crippen molar-refractivity contribution < 1.29 is 17.2 Å². The molecular formula is C15H18F2N2O2S2. The maximum atomic E-state index is 12.5. The van der Waals surface area contributed by atoms with Gasteiger partial charge in [0.25, 0.3) is 0 Å². The van der Waals surface area contributed by atoms with Crippen LogP contribution >= 0.6 is 11.3 Å². The number of hydrogen-bond acceptors (Lipinski definition) is 5. The van der Waals surface area contributed by atoms with Gasteiger partial charge in [-0.05, 0) is 60.8 Å². The first-order valence-corrected chi connectivity index (χ1v) is 9.36. The van der Waals surface area contributed by atoms with Crippen LogP contribution in [0.15, 0.2) is 46.0 Å². The van der Waals surface area contributed by atoms with Crippen LogP contribution < -0.4 is 5.32 Å². The standard InChI is InChI=1S/C15H18F2N2O2S2/c1-19(2)14(11-7-8-22-10-11)9-18-12-3-5-13(6-4-12)23(20,21)15(16)17/h3-8,10,14-15,18H,9H2,1-2H3. The van der Waals surface area contributed by atoms with Crippen LogP contribution in [0.3, 0.4) is 0 Å². The lowest BCUT2D eigenvalue weighted by molar-refractivity contribution is 0.234. The lowest BCUT2D eigenvalue weighted by Crippen LogP contribution is -2.26. The molecule has 0 saturated carbocycles. The van der Waals surface area contributed by atoms with Crippen molar-refractivity contribution >= 4 is 26.9 Å². The second-order valence-corrected chi connectivity index (χ2v) is 7.94. The SMILES string of the molecule is CN(C)C(CNc1ccc(S(=O)(=O)C(F)F)cc1)c1ccsc1. The normalized spacial score (nSPS) is 13.5. The molecular weight excluding hydrogens is 342 g/mol. The number of nitrogens with zero attached hydrogens (tertiary/aromatic N) is 1. The highest BCUT2D eigenvalue weighted by molar-refractivity contribution is 7.91. The Morgan fingerprint density at radius 3 is 2.30 bits per heavy atom. The maximum absolute atomic E-state index is 12.5. The zero-order chi connectivity index (χ0) is 17.0. The Morgan fingerprint density at radius 1 is 1.17 bits per heavy atom. The van der Waals surface area contributed by atoms with Crippen LogP contribution in [0.5, 0.6) is 0 Å². The molecule has 0 spiro atoms. The van der Waals surface area contributed by atoms with Gasteiger partial charge in [-0.3, -0.25) is 0 Å². The summed E-state index contributed by atoms with van der Waals surface area (Å²) >= 11 is 1.62. The van der Waals surface area contributed by atoms with E-state index in [2.05, 4.69) is 21.7 Å². The Hall–Kier alpha value is -1.51. The van der Waals surface area contributed by atoms with E-state index in [4.69, 9.17) is 0 Å². The van der Waals surface area contributed by atoms with E-state index in [1.54, 1.807) is 11.3 Å². The Bertz CT molecular complexity index is 714. The monoisotopic (exact) mass is 360 g/mol. The lowest BCUT2D eigenvalue weighted by atomic mass is 10.1. The van der Waals surface area contributed by atoms with Gasteiger partial charge in [-0.2, -0.15) is 20.1 Å². The number of halogens is 2. The summed E-state index contributed by atoms with van der Waals surface area (Å²) in [4.78, 5) is 1.70. The first-order chi connectivity index (χ1) is 10.8. The molecule has 0 aliphatic carbocycles. The highest BCUT2D eigenvalue weighted by Crippen LogP contribution is 2.23. The molecule has 0 aliphatic rings. The van der Waals surface area contributed by atoms with Gasteiger partial charge in [-0.1, -0.05) is 0 Å². The number of rotatable bonds is 7. The van der Waals surface area contributed by atoms with E-state index in [1.807, 2.05) is 19.5 Å². The molecule has 0 radical (unpaired) electrons. The van der Waals surface area contributed by atoms with Crippen molar-refractivity contribution in [3.8, 4) is 0 Å². The zero-order valence-corrected chi connectivity index (χ0v) is 14.4. The number of sulfone groups is 1. The van der Waals surface area contributed by atoms with E-state index in [9.17, 15) is 17.2 Å². The van der Waals surface area contributed by atoms with E-state index in [0.717, 1.165) is 0 Å². The van der Waals surface area contributed by atoms with Gasteiger partial charge in [0.1, 0.15) is 0 Å². The minimum absolute atomic E-state index is 0.158. The van der Waals surface area contributed by atoms with E-state index >= 15 is 0 Å². The Balaban J connectivity index is 2.07. The maximum Gasteiger partial charge on any atom is 0.341 e. The van der Waals surface area contributed by atoms with Gasteiger partial charge in [0.15, 0.2) is 0 Å². The molecule has 8 heteroatoms. The van der Waals surface area contributed by atoms with Crippen LogP contribution in [-0.4, -0.2) is 39.7 Å². The van der Waals surface area contributed by atoms with Crippen LogP contribution in [0.2, 0.25) is 0 Å². The predicted molar refractivity (Wildman–Crippen MR) is 88.9 cm³/mol. The Morgan fingerprint density at radius 2 is 1.83 bits per heavy atom. The molecule has 2 aromatic rings. The summed E-state index contributed by atoms with van der Waals surface area (Å²) in [7, 11) is -0.593. The highest BCUT2D eigenvalue weighted by Gasteiger charge is 2.26. The molecule has 1 aromatic heterocycles. The molecule has 23 heavy (non-hydrogen) atoms. The van der Waals surface area contributed by atoms with Gasteiger partial charge in [-0.25, -0.2) is 8.42 Å². The van der Waals surface area contributed by atoms with Gasteiger partial charge in [0.2, 0.25) is 9.84 Å². The first-order valence-electron chi connectivity index (χ1n) is 6.87. The van der Waals surface area contributed by atoms with Gasteiger partial charge >= 0.3 is 5.76 Å². The average molecular weight is 360 g/mol. The van der Waals surface area contributed by atoms with Crippen LogP contribution in [-0.2, 0) is 9.84 Å². The number of benzene rings is 1. The summed E-state index contributed by atoms with van der Waals surface area (Å²) < 4.78 is 47.7. The van der Waals surface area contributed by atoms with Crippen molar-refractivity contribution in [2.24, 2.45) is 0 Å². The van der Waals surface area contributed by atoms with E-state index in [-0.39, 0.29) is 10.9 Å². The molecule has 1 atom stereocenters. The van der Waals surface area contributed by atoms with Crippen molar-refractivity contribution in [3.05, 3.63) is 46.7 Å². The third-order valence-corrected chi connectivity index (χ3v) is 5.57. The number of hydrogen-bond donors (Lipinski definition) is 1. The summed E-state index contributed by atoms with van der Waals surface area (Å²) in [5.41, 5.74) is 1.87. The molecule has 1 heterocycles. The first kappa shape index (κ1) is 17.8. The largest absolute Gasteiger partial charge is 0.383 e. The van der Waals surface area contributed by atoms with Crippen molar-refractivity contribution in [3.63, 3.8) is 0 Å². The van der Waals surface area contributed by atoms with Gasteiger partial charge in [-0.15, -0.1) is 0 Å². The van der Waals surface area contributed by atoms with E-state index < -0.39 is 15.6 Å². The molecule has 1 N–H and O–H groups in total. The van der Waals surface area contributed by atoms with Gasteiger partial charge in [0, 0.05) is 12.2 Å². The Labute approximate surface area is 138 Å². The molecule has 0 fully saturated rings. The highest BCUT2D eigenvalue weighted by atomic mass is 32.2. The molecule has 1 unspecified atom stereocenters. The second-order valence-electron chi connectivity index (χ2n) is 5.25. The summed E-state index contributed by atoms with van der Waals surface area (Å²) in [6, 6.07) is 7.59. The predicted octanol–water partition coefficient (Wildman–Crippen LogP) is 3.46. The molecule has 0 aliphatic heterocycles. The summed E-state index contributed by atoms with van der Waals surface area (Å²) in [5, 5.41) is 7.29. The summed E-state index contributed by atoms with van der Waals surface area (Å²) in [5.74, 6) is -3.40. The van der Waals surface area contributed by atoms with Crippen LogP contribution in [0.25, 0.3) is 0 Å². The summed E-state index contributed by atoms with van der Waals surface area (Å²) in [6.45, 7) is 0.616. The van der Waals surface area contributed by atoms with Crippen LogP contribution in [0.4, 0.5) is 14.5 Å². The van der Waals surface area contributed by atoms with Gasteiger partial charge in [0.05, 0.1) is 10.9 Å². The van der Waals surface area contributed by atoms with Crippen LogP contribution in [0, 0.1) is 0 Å². The lowest BCUT2D eigenvalue weighted by Gasteiger charge is -2.24. The average Bonchev–Trinajstić information content (AvgIpc) is 3.01. The number of thiophene rings is 1. The summed E-state index contributed by atoms with van der Waals surface area (Å²) in [6.07, 6.45) is 0. The fourth-order valence-electron chi connectivity index (χ4n) is 2.14. The minimum atomic E-state index is -4.54. The molecule has 0 bridgehead atoms. The van der Waals surface area contributed by atoms with Crippen molar-refractivity contribution in [2.45, 2.75) is 16.7 Å². The van der Waals surface area contributed by atoms with Crippen LogP contribution in [0.1, 0.15) is 11.6 Å². The number of likely N-dealkylation sites (N-methyl/N-ethyl adjacent to an activating group) is 1. The molecule has 1 aromatic carbocycles. The quantitative estimate of drug-likeness (QED) is 0.822. The Kier molecular flexibility index (Phi) is 5.72. The third kappa shape index (κ3) is 4.27. The number of anilines is 1. The number of alkyl halides is 2. The van der Waals surface area contributed by atoms with E-state index in [1.165, 1.54) is 29.8 Å². The minimum Gasteiger partial charge on any atom is -0.383 e. The zero-order valence-electron chi connectivity index (χ0n) is 12.7. The smallest absolute Gasteiger partial charge is 0.341 e. The van der Waals surface area contributed by atoms with E-state index in [0.29, 0.717) is 12.2 Å². The van der Waals surface area contributed by atoms with Crippen molar-refractivity contribution in [2.75, 3.05) is 26.0 Å². The fourth-order valence-corrected chi connectivity index (χ4v) is 3.57. The molecule has 2 rings (SSSR count). The number of nitrogens with one attached hydrogen (secondary N) is 1. The molecule has 4 nitrogen and oxygen atoms in total. The third-order valence-electron chi connectivity index (χ3n) is 3.47. The molecule has 0 amide bonds.